The first-order valence-electron chi connectivity index (χ1n) is 7.05. The van der Waals surface area contributed by atoms with Crippen LogP contribution in [0.1, 0.15) is 25.3 Å². The molecule has 1 aromatic rings. The summed E-state index contributed by atoms with van der Waals surface area (Å²) in [5.74, 6) is 1.84. The SMILES string of the molecule is CC1CNc2cc(CC3CCNCC3)ccc2O1. The first-order chi connectivity index (χ1) is 8.81. The molecule has 18 heavy (non-hydrogen) atoms. The lowest BCUT2D eigenvalue weighted by Gasteiger charge is -2.26. The number of nitrogens with one attached hydrogen (secondary N) is 2. The highest BCUT2D eigenvalue weighted by Crippen LogP contribution is 2.31. The highest BCUT2D eigenvalue weighted by atomic mass is 16.5. The normalized spacial score (nSPS) is 23.9. The van der Waals surface area contributed by atoms with Crippen LogP contribution in [0.5, 0.6) is 5.75 Å². The third-order valence-corrected chi connectivity index (χ3v) is 3.94. The van der Waals surface area contributed by atoms with Gasteiger partial charge in [0.25, 0.3) is 0 Å². The summed E-state index contributed by atoms with van der Waals surface area (Å²) in [6.07, 6.45) is 4.08. The van der Waals surface area contributed by atoms with E-state index in [1.807, 2.05) is 0 Å². The quantitative estimate of drug-likeness (QED) is 0.841. The molecule has 3 nitrogen and oxygen atoms in total. The van der Waals surface area contributed by atoms with Crippen LogP contribution in [0.15, 0.2) is 18.2 Å². The summed E-state index contributed by atoms with van der Waals surface area (Å²) in [5.41, 5.74) is 2.60. The molecule has 0 saturated carbocycles. The maximum Gasteiger partial charge on any atom is 0.142 e. The Bertz CT molecular complexity index is 413. The standard InChI is InChI=1S/C15H22N2O/c1-11-10-17-14-9-13(2-3-15(14)18-11)8-12-4-6-16-7-5-12/h2-3,9,11-12,16-17H,4-8,10H2,1H3. The number of piperidine rings is 1. The summed E-state index contributed by atoms with van der Waals surface area (Å²) in [6.45, 7) is 5.35. The lowest BCUT2D eigenvalue weighted by molar-refractivity contribution is 0.226. The Hall–Kier alpha value is -1.22. The minimum absolute atomic E-state index is 0.271. The average Bonchev–Trinajstić information content (AvgIpc) is 2.40. The van der Waals surface area contributed by atoms with E-state index < -0.39 is 0 Å². The summed E-state index contributed by atoms with van der Waals surface area (Å²) < 4.78 is 5.80. The average molecular weight is 246 g/mol. The first kappa shape index (κ1) is 11.8. The van der Waals surface area contributed by atoms with Crippen molar-refractivity contribution in [1.29, 1.82) is 0 Å². The highest BCUT2D eigenvalue weighted by Gasteiger charge is 2.17. The van der Waals surface area contributed by atoms with E-state index in [1.54, 1.807) is 0 Å². The molecule has 1 unspecified atom stereocenters. The van der Waals surface area contributed by atoms with Crippen LogP contribution in [0.4, 0.5) is 5.69 Å². The van der Waals surface area contributed by atoms with Gasteiger partial charge in [-0.1, -0.05) is 6.07 Å². The van der Waals surface area contributed by atoms with Gasteiger partial charge in [-0.2, -0.15) is 0 Å². The Kier molecular flexibility index (Phi) is 3.41. The second-order valence-corrected chi connectivity index (χ2v) is 5.54. The molecule has 1 atom stereocenters. The molecule has 2 heterocycles. The first-order valence-corrected chi connectivity index (χ1v) is 7.05. The molecular weight excluding hydrogens is 224 g/mol. The van der Waals surface area contributed by atoms with Gasteiger partial charge in [-0.3, -0.25) is 0 Å². The van der Waals surface area contributed by atoms with E-state index in [2.05, 4.69) is 35.8 Å². The van der Waals surface area contributed by atoms with Crippen LogP contribution in [0.2, 0.25) is 0 Å². The van der Waals surface area contributed by atoms with Crippen LogP contribution in [-0.2, 0) is 6.42 Å². The van der Waals surface area contributed by atoms with Crippen molar-refractivity contribution in [2.75, 3.05) is 25.0 Å². The van der Waals surface area contributed by atoms with Crippen molar-refractivity contribution in [1.82, 2.24) is 5.32 Å². The van der Waals surface area contributed by atoms with Crippen molar-refractivity contribution in [3.8, 4) is 5.75 Å². The molecule has 2 aliphatic rings. The molecule has 2 N–H and O–H groups in total. The van der Waals surface area contributed by atoms with Crippen LogP contribution in [0.25, 0.3) is 0 Å². The molecule has 3 rings (SSSR count). The Labute approximate surface area is 109 Å². The second kappa shape index (κ2) is 5.19. The van der Waals surface area contributed by atoms with Gasteiger partial charge in [-0.25, -0.2) is 0 Å². The minimum Gasteiger partial charge on any atom is -0.487 e. The van der Waals surface area contributed by atoms with Crippen molar-refractivity contribution in [3.63, 3.8) is 0 Å². The molecular formula is C15H22N2O. The Morgan fingerprint density at radius 1 is 1.28 bits per heavy atom. The fourth-order valence-electron chi connectivity index (χ4n) is 2.88. The monoisotopic (exact) mass is 246 g/mol. The van der Waals surface area contributed by atoms with Gasteiger partial charge in [0, 0.05) is 0 Å². The molecule has 2 aliphatic heterocycles. The number of hydrogen-bond acceptors (Lipinski definition) is 3. The predicted octanol–water partition coefficient (Wildman–Crippen LogP) is 2.42. The number of rotatable bonds is 2. The number of hydrogen-bond donors (Lipinski definition) is 2. The van der Waals surface area contributed by atoms with Crippen LogP contribution in [0.3, 0.4) is 0 Å². The minimum atomic E-state index is 0.271. The molecule has 0 radical (unpaired) electrons. The van der Waals surface area contributed by atoms with E-state index in [-0.39, 0.29) is 6.10 Å². The molecule has 3 heteroatoms. The van der Waals surface area contributed by atoms with Crippen molar-refractivity contribution >= 4 is 5.69 Å². The number of fused-ring (bicyclic) bond motifs is 1. The second-order valence-electron chi connectivity index (χ2n) is 5.54. The maximum atomic E-state index is 5.80. The van der Waals surface area contributed by atoms with E-state index in [4.69, 9.17) is 4.74 Å². The summed E-state index contributed by atoms with van der Waals surface area (Å²) in [4.78, 5) is 0. The summed E-state index contributed by atoms with van der Waals surface area (Å²) in [6, 6.07) is 6.61. The Balaban J connectivity index is 1.69. The van der Waals surface area contributed by atoms with E-state index in [0.29, 0.717) is 0 Å². The van der Waals surface area contributed by atoms with E-state index in [0.717, 1.165) is 18.2 Å². The van der Waals surface area contributed by atoms with Crippen molar-refractivity contribution in [2.24, 2.45) is 5.92 Å². The van der Waals surface area contributed by atoms with Crippen LogP contribution in [0, 0.1) is 5.92 Å². The summed E-state index contributed by atoms with van der Waals surface area (Å²) >= 11 is 0. The zero-order valence-electron chi connectivity index (χ0n) is 11.0. The lowest BCUT2D eigenvalue weighted by Crippen LogP contribution is -2.29. The largest absolute Gasteiger partial charge is 0.487 e. The zero-order chi connectivity index (χ0) is 12.4. The molecule has 1 saturated heterocycles. The van der Waals surface area contributed by atoms with E-state index in [1.165, 1.54) is 43.6 Å². The van der Waals surface area contributed by atoms with E-state index >= 15 is 0 Å². The van der Waals surface area contributed by atoms with Crippen molar-refractivity contribution in [2.45, 2.75) is 32.3 Å². The van der Waals surface area contributed by atoms with Gasteiger partial charge in [-0.15, -0.1) is 0 Å². The molecule has 0 amide bonds. The van der Waals surface area contributed by atoms with Gasteiger partial charge < -0.3 is 15.4 Å². The smallest absolute Gasteiger partial charge is 0.142 e. The van der Waals surface area contributed by atoms with Crippen LogP contribution in [-0.4, -0.2) is 25.7 Å². The summed E-state index contributed by atoms with van der Waals surface area (Å²) in [7, 11) is 0. The molecule has 0 bridgehead atoms. The third-order valence-electron chi connectivity index (χ3n) is 3.94. The van der Waals surface area contributed by atoms with Gasteiger partial charge >= 0.3 is 0 Å². The highest BCUT2D eigenvalue weighted by molar-refractivity contribution is 5.59. The molecule has 0 aliphatic carbocycles. The maximum absolute atomic E-state index is 5.80. The van der Waals surface area contributed by atoms with Gasteiger partial charge in [0.15, 0.2) is 0 Å². The zero-order valence-corrected chi connectivity index (χ0v) is 11.0. The van der Waals surface area contributed by atoms with Gasteiger partial charge in [0.1, 0.15) is 11.9 Å². The molecule has 1 fully saturated rings. The molecule has 1 aromatic carbocycles. The Morgan fingerprint density at radius 2 is 2.11 bits per heavy atom. The van der Waals surface area contributed by atoms with Gasteiger partial charge in [-0.05, 0) is 62.9 Å². The fourth-order valence-corrected chi connectivity index (χ4v) is 2.88. The Morgan fingerprint density at radius 3 is 2.94 bits per heavy atom. The van der Waals surface area contributed by atoms with Crippen LogP contribution >= 0.6 is 0 Å². The van der Waals surface area contributed by atoms with Crippen molar-refractivity contribution in [3.05, 3.63) is 23.8 Å². The topological polar surface area (TPSA) is 33.3 Å². The molecule has 0 spiro atoms. The number of anilines is 1. The summed E-state index contributed by atoms with van der Waals surface area (Å²) in [5, 5.41) is 6.88. The van der Waals surface area contributed by atoms with Gasteiger partial charge in [0.2, 0.25) is 0 Å². The fraction of sp³-hybridized carbons (Fsp3) is 0.600. The van der Waals surface area contributed by atoms with Crippen molar-refractivity contribution < 1.29 is 4.74 Å². The van der Waals surface area contributed by atoms with E-state index in [9.17, 15) is 0 Å². The third kappa shape index (κ3) is 2.61. The molecule has 98 valence electrons. The van der Waals surface area contributed by atoms with Gasteiger partial charge in [0.05, 0.1) is 12.2 Å². The number of ether oxygens (including phenoxy) is 1. The lowest BCUT2D eigenvalue weighted by atomic mass is 9.91. The molecule has 0 aromatic heterocycles. The van der Waals surface area contributed by atoms with Crippen LogP contribution < -0.4 is 15.4 Å². The predicted molar refractivity (Wildman–Crippen MR) is 74.3 cm³/mol. The number of benzene rings is 1.